The molecule has 5 rings (SSSR count). The maximum atomic E-state index is 12.5. The minimum atomic E-state index is -0.00158. The standard InChI is InChI=1S/C24H25N5O3/c1-16-20-9-8-18(14-21(20)28(2)26-16)23-25-24(32-27-23)17-10-12-29(13-11-17)22(30)15-31-19-6-4-3-5-7-19/h3-9,14,17H,10-13,15H2,1-2H3. The molecule has 1 saturated heterocycles. The molecule has 0 bridgehead atoms. The Kier molecular flexibility index (Phi) is 5.34. The van der Waals surface area contributed by atoms with Crippen molar-refractivity contribution in [3.05, 3.63) is 60.1 Å². The molecular weight excluding hydrogens is 406 g/mol. The molecule has 1 fully saturated rings. The highest BCUT2D eigenvalue weighted by Crippen LogP contribution is 2.30. The molecule has 2 aromatic heterocycles. The molecule has 0 atom stereocenters. The predicted octanol–water partition coefficient (Wildman–Crippen LogP) is 3.72. The molecule has 0 N–H and O–H groups in total. The lowest BCUT2D eigenvalue weighted by Crippen LogP contribution is -2.40. The number of carbonyl (C=O) groups excluding carboxylic acids is 1. The zero-order valence-electron chi connectivity index (χ0n) is 18.2. The average molecular weight is 431 g/mol. The van der Waals surface area contributed by atoms with E-state index in [1.165, 1.54) is 0 Å². The minimum Gasteiger partial charge on any atom is -0.484 e. The molecule has 1 aliphatic heterocycles. The summed E-state index contributed by atoms with van der Waals surface area (Å²) in [4.78, 5) is 19.0. The van der Waals surface area contributed by atoms with E-state index in [1.54, 1.807) is 0 Å². The van der Waals surface area contributed by atoms with Crippen molar-refractivity contribution < 1.29 is 14.1 Å². The fourth-order valence-electron chi connectivity index (χ4n) is 4.22. The third-order valence-electron chi connectivity index (χ3n) is 6.04. The summed E-state index contributed by atoms with van der Waals surface area (Å²) in [6.07, 6.45) is 1.58. The van der Waals surface area contributed by atoms with Gasteiger partial charge in [-0.25, -0.2) is 0 Å². The monoisotopic (exact) mass is 431 g/mol. The Balaban J connectivity index is 1.20. The Labute approximate surface area is 185 Å². The van der Waals surface area contributed by atoms with Crippen LogP contribution in [0.4, 0.5) is 0 Å². The Morgan fingerprint density at radius 1 is 1.16 bits per heavy atom. The van der Waals surface area contributed by atoms with Gasteiger partial charge in [0.15, 0.2) is 6.61 Å². The van der Waals surface area contributed by atoms with Crippen molar-refractivity contribution in [3.63, 3.8) is 0 Å². The zero-order valence-corrected chi connectivity index (χ0v) is 18.2. The van der Waals surface area contributed by atoms with Gasteiger partial charge in [-0.1, -0.05) is 35.5 Å². The molecule has 4 aromatic rings. The second-order valence-corrected chi connectivity index (χ2v) is 8.15. The largest absolute Gasteiger partial charge is 0.484 e. The Morgan fingerprint density at radius 2 is 1.94 bits per heavy atom. The Hall–Kier alpha value is -3.68. The number of aryl methyl sites for hydroxylation is 2. The number of aromatic nitrogens is 4. The molecule has 0 unspecified atom stereocenters. The van der Waals surface area contributed by atoms with Gasteiger partial charge < -0.3 is 14.2 Å². The average Bonchev–Trinajstić information content (AvgIpc) is 3.43. The topological polar surface area (TPSA) is 86.3 Å². The Morgan fingerprint density at radius 3 is 2.72 bits per heavy atom. The van der Waals surface area contributed by atoms with E-state index in [1.807, 2.05) is 72.1 Å². The van der Waals surface area contributed by atoms with Gasteiger partial charge in [0, 0.05) is 37.0 Å². The Bertz CT molecular complexity index is 1240. The van der Waals surface area contributed by atoms with Crippen LogP contribution in [0.15, 0.2) is 53.1 Å². The van der Waals surface area contributed by atoms with Crippen molar-refractivity contribution in [1.29, 1.82) is 0 Å². The molecule has 8 heteroatoms. The number of hydrogen-bond donors (Lipinski definition) is 0. The summed E-state index contributed by atoms with van der Waals surface area (Å²) < 4.78 is 13.0. The molecule has 8 nitrogen and oxygen atoms in total. The van der Waals surface area contributed by atoms with Crippen LogP contribution in [0.1, 0.15) is 30.3 Å². The van der Waals surface area contributed by atoms with Crippen molar-refractivity contribution in [1.82, 2.24) is 24.8 Å². The molecule has 32 heavy (non-hydrogen) atoms. The van der Waals surface area contributed by atoms with Gasteiger partial charge in [0.1, 0.15) is 5.75 Å². The molecule has 164 valence electrons. The summed E-state index contributed by atoms with van der Waals surface area (Å²) >= 11 is 0. The van der Waals surface area contributed by atoms with E-state index >= 15 is 0 Å². The van der Waals surface area contributed by atoms with E-state index in [0.717, 1.165) is 35.0 Å². The summed E-state index contributed by atoms with van der Waals surface area (Å²) in [5.41, 5.74) is 2.94. The lowest BCUT2D eigenvalue weighted by Gasteiger charge is -2.30. The van der Waals surface area contributed by atoms with Crippen LogP contribution < -0.4 is 4.74 Å². The second-order valence-electron chi connectivity index (χ2n) is 8.15. The van der Waals surface area contributed by atoms with Gasteiger partial charge in [-0.3, -0.25) is 9.48 Å². The fraction of sp³-hybridized carbons (Fsp3) is 0.333. The van der Waals surface area contributed by atoms with E-state index < -0.39 is 0 Å². The van der Waals surface area contributed by atoms with Gasteiger partial charge in [0.05, 0.1) is 11.2 Å². The van der Waals surface area contributed by atoms with Crippen LogP contribution >= 0.6 is 0 Å². The normalized spacial score (nSPS) is 14.8. The fourth-order valence-corrected chi connectivity index (χ4v) is 4.22. The van der Waals surface area contributed by atoms with Gasteiger partial charge in [-0.15, -0.1) is 0 Å². The number of amides is 1. The maximum Gasteiger partial charge on any atom is 0.260 e. The lowest BCUT2D eigenvalue weighted by molar-refractivity contribution is -0.134. The molecule has 1 amide bonds. The van der Waals surface area contributed by atoms with Crippen molar-refractivity contribution in [2.24, 2.45) is 7.05 Å². The molecule has 1 aliphatic rings. The first kappa shape index (κ1) is 20.2. The van der Waals surface area contributed by atoms with Crippen molar-refractivity contribution >= 4 is 16.8 Å². The number of fused-ring (bicyclic) bond motifs is 1. The highest BCUT2D eigenvalue weighted by molar-refractivity contribution is 5.85. The maximum absolute atomic E-state index is 12.5. The quantitative estimate of drug-likeness (QED) is 0.479. The number of piperidine rings is 1. The van der Waals surface area contributed by atoms with Crippen LogP contribution in [0.25, 0.3) is 22.3 Å². The summed E-state index contributed by atoms with van der Waals surface area (Å²) in [7, 11) is 1.93. The predicted molar refractivity (Wildman–Crippen MR) is 119 cm³/mol. The van der Waals surface area contributed by atoms with E-state index in [9.17, 15) is 4.79 Å². The molecular formula is C24H25N5O3. The van der Waals surface area contributed by atoms with Crippen LogP contribution in [0.2, 0.25) is 0 Å². The second kappa shape index (κ2) is 8.45. The first-order valence-electron chi connectivity index (χ1n) is 10.8. The van der Waals surface area contributed by atoms with Crippen LogP contribution in [0, 0.1) is 6.92 Å². The van der Waals surface area contributed by atoms with Crippen molar-refractivity contribution in [3.8, 4) is 17.1 Å². The summed E-state index contributed by atoms with van der Waals surface area (Å²) in [6, 6.07) is 15.5. The van der Waals surface area contributed by atoms with Crippen LogP contribution in [-0.2, 0) is 11.8 Å². The van der Waals surface area contributed by atoms with Gasteiger partial charge >= 0.3 is 0 Å². The molecule has 2 aromatic carbocycles. The summed E-state index contributed by atoms with van der Waals surface area (Å²) in [5.74, 6) is 2.06. The van der Waals surface area contributed by atoms with E-state index in [0.29, 0.717) is 30.6 Å². The number of rotatable bonds is 5. The SMILES string of the molecule is Cc1nn(C)c2cc(-c3noc(C4CCN(C(=O)COc5ccccc5)CC4)n3)ccc12. The van der Waals surface area contributed by atoms with Crippen LogP contribution in [0.5, 0.6) is 5.75 Å². The van der Waals surface area contributed by atoms with E-state index in [2.05, 4.69) is 15.2 Å². The number of benzene rings is 2. The molecule has 0 saturated carbocycles. The van der Waals surface area contributed by atoms with Gasteiger partial charge in [0.2, 0.25) is 11.7 Å². The van der Waals surface area contributed by atoms with Gasteiger partial charge in [-0.2, -0.15) is 10.1 Å². The molecule has 3 heterocycles. The lowest BCUT2D eigenvalue weighted by atomic mass is 9.96. The number of likely N-dealkylation sites (tertiary alicyclic amines) is 1. The van der Waals surface area contributed by atoms with Crippen LogP contribution in [0.3, 0.4) is 0 Å². The smallest absolute Gasteiger partial charge is 0.260 e. The summed E-state index contributed by atoms with van der Waals surface area (Å²) in [6.45, 7) is 3.36. The third kappa shape index (κ3) is 3.95. The zero-order chi connectivity index (χ0) is 22.1. The highest BCUT2D eigenvalue weighted by Gasteiger charge is 2.28. The first-order chi connectivity index (χ1) is 15.6. The highest BCUT2D eigenvalue weighted by atomic mass is 16.5. The number of carbonyl (C=O) groups is 1. The molecule has 0 radical (unpaired) electrons. The summed E-state index contributed by atoms with van der Waals surface area (Å²) in [5, 5.41) is 9.79. The van der Waals surface area contributed by atoms with Crippen molar-refractivity contribution in [2.45, 2.75) is 25.7 Å². The van der Waals surface area contributed by atoms with Crippen molar-refractivity contribution in [2.75, 3.05) is 19.7 Å². The van der Waals surface area contributed by atoms with Gasteiger partial charge in [0.25, 0.3) is 5.91 Å². The number of nitrogens with zero attached hydrogens (tertiary/aromatic N) is 5. The number of hydrogen-bond acceptors (Lipinski definition) is 6. The number of para-hydroxylation sites is 1. The van der Waals surface area contributed by atoms with Crippen LogP contribution in [-0.4, -0.2) is 50.4 Å². The van der Waals surface area contributed by atoms with E-state index in [4.69, 9.17) is 9.26 Å². The van der Waals surface area contributed by atoms with E-state index in [-0.39, 0.29) is 18.4 Å². The third-order valence-corrected chi connectivity index (χ3v) is 6.04. The number of ether oxygens (including phenoxy) is 1. The molecule has 0 spiro atoms. The molecule has 0 aliphatic carbocycles. The minimum absolute atomic E-state index is 0.00158. The van der Waals surface area contributed by atoms with Gasteiger partial charge in [-0.05, 0) is 38.0 Å². The first-order valence-corrected chi connectivity index (χ1v) is 10.8.